The van der Waals surface area contributed by atoms with Gasteiger partial charge in [-0.15, -0.1) is 0 Å². The van der Waals surface area contributed by atoms with E-state index in [1.165, 1.54) is 0 Å². The van der Waals surface area contributed by atoms with Crippen LogP contribution in [0.1, 0.15) is 12.0 Å². The third kappa shape index (κ3) is 4.69. The summed E-state index contributed by atoms with van der Waals surface area (Å²) in [6.07, 6.45) is 3.74. The highest BCUT2D eigenvalue weighted by Gasteiger charge is 2.17. The van der Waals surface area contributed by atoms with Gasteiger partial charge in [-0.05, 0) is 36.8 Å². The van der Waals surface area contributed by atoms with Crippen molar-refractivity contribution in [2.45, 2.75) is 19.4 Å². The van der Waals surface area contributed by atoms with Gasteiger partial charge in [0.25, 0.3) is 0 Å². The predicted molar refractivity (Wildman–Crippen MR) is 95.6 cm³/mol. The molecule has 1 aromatic heterocycles. The Morgan fingerprint density at radius 2 is 2.25 bits per heavy atom. The molecule has 0 aliphatic carbocycles. The maximum absolute atomic E-state index is 12.2. The maximum atomic E-state index is 12.2. The molecule has 1 aliphatic heterocycles. The van der Waals surface area contributed by atoms with Crippen molar-refractivity contribution in [3.05, 3.63) is 42.2 Å². The van der Waals surface area contributed by atoms with Crippen molar-refractivity contribution in [1.29, 1.82) is 0 Å². The van der Waals surface area contributed by atoms with Crippen LogP contribution in [0.4, 0.5) is 5.69 Å². The lowest BCUT2D eigenvalue weighted by Crippen LogP contribution is -2.39. The van der Waals surface area contributed by atoms with Crippen LogP contribution < -0.4 is 15.4 Å². The lowest BCUT2D eigenvalue weighted by Gasteiger charge is -2.22. The Hall–Kier alpha value is -2.12. The average Bonchev–Trinajstić information content (AvgIpc) is 2.59. The lowest BCUT2D eigenvalue weighted by molar-refractivity contribution is -0.116. The monoisotopic (exact) mass is 344 g/mol. The van der Waals surface area contributed by atoms with Crippen LogP contribution in [0.25, 0.3) is 0 Å². The Morgan fingerprint density at radius 3 is 2.96 bits per heavy atom. The zero-order chi connectivity index (χ0) is 16.8. The zero-order valence-corrected chi connectivity index (χ0v) is 14.3. The van der Waals surface area contributed by atoms with Crippen molar-refractivity contribution in [2.24, 2.45) is 0 Å². The van der Waals surface area contributed by atoms with Gasteiger partial charge in [0.15, 0.2) is 0 Å². The van der Waals surface area contributed by atoms with E-state index in [0.717, 1.165) is 29.3 Å². The topological polar surface area (TPSA) is 76.1 Å². The van der Waals surface area contributed by atoms with Gasteiger partial charge in [-0.2, -0.15) is 11.8 Å². The minimum absolute atomic E-state index is 0.0261. The van der Waals surface area contributed by atoms with Crippen LogP contribution in [-0.4, -0.2) is 40.0 Å². The number of aromatic nitrogens is 2. The van der Waals surface area contributed by atoms with Crippen LogP contribution in [0.2, 0.25) is 0 Å². The number of aryl methyl sites for hydroxylation is 1. The molecule has 1 fully saturated rings. The molecular weight excluding hydrogens is 324 g/mol. The molecule has 1 saturated heterocycles. The summed E-state index contributed by atoms with van der Waals surface area (Å²) >= 11 is 1.89. The molecule has 2 aromatic rings. The molecule has 2 N–H and O–H groups in total. The number of hydrogen-bond acceptors (Lipinski definition) is 6. The number of carbonyl (C=O) groups is 1. The van der Waals surface area contributed by atoms with Gasteiger partial charge < -0.3 is 15.4 Å². The van der Waals surface area contributed by atoms with E-state index in [1.807, 2.05) is 30.8 Å². The van der Waals surface area contributed by atoms with E-state index in [2.05, 4.69) is 20.6 Å². The van der Waals surface area contributed by atoms with Crippen molar-refractivity contribution in [3.63, 3.8) is 0 Å². The highest BCUT2D eigenvalue weighted by molar-refractivity contribution is 7.99. The average molecular weight is 344 g/mol. The van der Waals surface area contributed by atoms with Crippen LogP contribution >= 0.6 is 11.8 Å². The molecule has 24 heavy (non-hydrogen) atoms. The third-order valence-corrected chi connectivity index (χ3v) is 4.78. The maximum Gasteiger partial charge on any atom is 0.321 e. The quantitative estimate of drug-likeness (QED) is 0.868. The Kier molecular flexibility index (Phi) is 5.66. The van der Waals surface area contributed by atoms with E-state index in [4.69, 9.17) is 4.74 Å². The molecule has 1 unspecified atom stereocenters. The minimum atomic E-state index is 0.0261. The van der Waals surface area contributed by atoms with Crippen molar-refractivity contribution in [2.75, 3.05) is 23.4 Å². The van der Waals surface area contributed by atoms with Gasteiger partial charge in [0, 0.05) is 48.6 Å². The van der Waals surface area contributed by atoms with Gasteiger partial charge in [0.2, 0.25) is 5.91 Å². The van der Waals surface area contributed by atoms with E-state index in [0.29, 0.717) is 18.2 Å². The molecule has 1 aliphatic rings. The highest BCUT2D eigenvalue weighted by atomic mass is 32.2. The van der Waals surface area contributed by atoms with E-state index < -0.39 is 0 Å². The number of hydrogen-bond donors (Lipinski definition) is 2. The summed E-state index contributed by atoms with van der Waals surface area (Å²) in [6, 6.07) is 7.79. The van der Waals surface area contributed by atoms with Crippen LogP contribution in [0.15, 0.2) is 36.7 Å². The fourth-order valence-corrected chi connectivity index (χ4v) is 3.41. The molecular formula is C17H20N4O2S. The Balaban J connectivity index is 1.59. The molecule has 0 bridgehead atoms. The predicted octanol–water partition coefficient (Wildman–Crippen LogP) is 2.61. The smallest absolute Gasteiger partial charge is 0.321 e. The summed E-state index contributed by atoms with van der Waals surface area (Å²) in [6.45, 7) is 2.90. The normalized spacial score (nSPS) is 17.3. The first-order chi connectivity index (χ1) is 11.7. The number of nitrogens with one attached hydrogen (secondary N) is 2. The number of ether oxygens (including phenoxy) is 1. The summed E-state index contributed by atoms with van der Waals surface area (Å²) in [5.41, 5.74) is 1.73. The minimum Gasteiger partial charge on any atom is -0.424 e. The van der Waals surface area contributed by atoms with E-state index in [-0.39, 0.29) is 11.9 Å². The van der Waals surface area contributed by atoms with Gasteiger partial charge in [-0.25, -0.2) is 9.97 Å². The van der Waals surface area contributed by atoms with E-state index >= 15 is 0 Å². The highest BCUT2D eigenvalue weighted by Crippen LogP contribution is 2.24. The van der Waals surface area contributed by atoms with Crippen LogP contribution in [0.3, 0.4) is 0 Å². The van der Waals surface area contributed by atoms with E-state index in [1.54, 1.807) is 24.5 Å². The van der Waals surface area contributed by atoms with Crippen LogP contribution in [0.5, 0.6) is 11.8 Å². The summed E-state index contributed by atoms with van der Waals surface area (Å²) in [5.74, 6) is 2.76. The first-order valence-electron chi connectivity index (χ1n) is 7.87. The van der Waals surface area contributed by atoms with Crippen molar-refractivity contribution in [1.82, 2.24) is 15.3 Å². The largest absolute Gasteiger partial charge is 0.424 e. The summed E-state index contributed by atoms with van der Waals surface area (Å²) in [4.78, 5) is 20.3. The molecule has 1 amide bonds. The molecule has 0 saturated carbocycles. The fraction of sp³-hybridized carbons (Fsp3) is 0.353. The summed E-state index contributed by atoms with van der Waals surface area (Å²) in [5, 5.41) is 6.34. The number of benzene rings is 1. The number of carbonyl (C=O) groups excluding carboxylic acids is 1. The first kappa shape index (κ1) is 16.7. The van der Waals surface area contributed by atoms with Gasteiger partial charge in [0.05, 0.1) is 0 Å². The Labute approximate surface area is 145 Å². The van der Waals surface area contributed by atoms with Gasteiger partial charge in [-0.3, -0.25) is 4.79 Å². The molecule has 2 heterocycles. The molecule has 0 spiro atoms. The number of thioether (sulfide) groups is 1. The second-order valence-electron chi connectivity index (χ2n) is 5.59. The fourth-order valence-electron chi connectivity index (χ4n) is 2.46. The lowest BCUT2D eigenvalue weighted by atomic mass is 10.1. The summed E-state index contributed by atoms with van der Waals surface area (Å²) < 4.78 is 5.59. The zero-order valence-electron chi connectivity index (χ0n) is 13.5. The molecule has 1 aromatic carbocycles. The second kappa shape index (κ2) is 8.12. The third-order valence-electron chi connectivity index (χ3n) is 3.65. The second-order valence-corrected chi connectivity index (χ2v) is 6.74. The Morgan fingerprint density at radius 1 is 1.42 bits per heavy atom. The number of rotatable bonds is 5. The van der Waals surface area contributed by atoms with Gasteiger partial charge >= 0.3 is 6.01 Å². The number of nitrogens with zero attached hydrogens (tertiary/aromatic N) is 2. The standard InChI is InChI=1S/C17H20N4O2S/c1-12-9-14(23-17-19-5-2-6-20-17)3-4-15(12)21-16(22)10-13-11-24-8-7-18-13/h2-6,9,13,18H,7-8,10-11H2,1H3,(H,21,22). The van der Waals surface area contributed by atoms with Crippen LogP contribution in [-0.2, 0) is 4.79 Å². The first-order valence-corrected chi connectivity index (χ1v) is 9.03. The number of amides is 1. The number of anilines is 1. The van der Waals surface area contributed by atoms with Crippen molar-refractivity contribution >= 4 is 23.4 Å². The SMILES string of the molecule is Cc1cc(Oc2ncccn2)ccc1NC(=O)CC1CSCCN1. The van der Waals surface area contributed by atoms with Crippen molar-refractivity contribution in [3.8, 4) is 11.8 Å². The molecule has 7 heteroatoms. The molecule has 6 nitrogen and oxygen atoms in total. The molecule has 3 rings (SSSR count). The molecule has 0 radical (unpaired) electrons. The van der Waals surface area contributed by atoms with Crippen molar-refractivity contribution < 1.29 is 9.53 Å². The van der Waals surface area contributed by atoms with Gasteiger partial charge in [0.1, 0.15) is 5.75 Å². The summed E-state index contributed by atoms with van der Waals surface area (Å²) in [7, 11) is 0. The van der Waals surface area contributed by atoms with E-state index in [9.17, 15) is 4.79 Å². The molecule has 126 valence electrons. The van der Waals surface area contributed by atoms with Crippen LogP contribution in [0, 0.1) is 6.92 Å². The molecule has 1 atom stereocenters. The van der Waals surface area contributed by atoms with Gasteiger partial charge in [-0.1, -0.05) is 0 Å². The Bertz CT molecular complexity index is 690.